The molecule has 0 bridgehead atoms. The summed E-state index contributed by atoms with van der Waals surface area (Å²) >= 11 is 5.91. The number of hydrogen-bond donors (Lipinski definition) is 0. The van der Waals surface area contributed by atoms with E-state index in [4.69, 9.17) is 11.6 Å². The van der Waals surface area contributed by atoms with Crippen molar-refractivity contribution in [2.24, 2.45) is 0 Å². The fraction of sp³-hybridized carbons (Fsp3) is 0.0625. The molecule has 5 heteroatoms. The lowest BCUT2D eigenvalue weighted by Crippen LogP contribution is -2.04. The Hall–Kier alpha value is -1.91. The molecule has 0 fully saturated rings. The van der Waals surface area contributed by atoms with Gasteiger partial charge in [0.25, 0.3) is 0 Å². The van der Waals surface area contributed by atoms with Gasteiger partial charge in [0.15, 0.2) is 5.03 Å². The molecular weight excluding hydrogens is 306 g/mol. The zero-order valence-electron chi connectivity index (χ0n) is 11.2. The third-order valence-electron chi connectivity index (χ3n) is 3.23. The standard InChI is InChI=1S/C16H12ClNO2S/c1-11-2-6-14(7-3-11)21(19,20)16-9-4-12-10-13(17)5-8-15(12)18-16/h2-10H,1H3. The Labute approximate surface area is 128 Å². The van der Waals surface area contributed by atoms with Crippen LogP contribution in [0.5, 0.6) is 0 Å². The van der Waals surface area contributed by atoms with Crippen molar-refractivity contribution >= 4 is 32.3 Å². The van der Waals surface area contributed by atoms with Crippen LogP contribution in [0.15, 0.2) is 64.5 Å². The minimum absolute atomic E-state index is 0.0428. The van der Waals surface area contributed by atoms with E-state index < -0.39 is 9.84 Å². The molecule has 0 atom stereocenters. The van der Waals surface area contributed by atoms with Crippen LogP contribution in [-0.4, -0.2) is 13.4 Å². The fourth-order valence-corrected chi connectivity index (χ4v) is 3.45. The number of benzene rings is 2. The maximum absolute atomic E-state index is 12.6. The van der Waals surface area contributed by atoms with E-state index in [-0.39, 0.29) is 9.92 Å². The van der Waals surface area contributed by atoms with Crippen LogP contribution in [0.1, 0.15) is 5.56 Å². The van der Waals surface area contributed by atoms with Crippen molar-refractivity contribution in [3.63, 3.8) is 0 Å². The number of fused-ring (bicyclic) bond motifs is 1. The van der Waals surface area contributed by atoms with Crippen LogP contribution >= 0.6 is 11.6 Å². The van der Waals surface area contributed by atoms with Crippen molar-refractivity contribution in [3.05, 3.63) is 65.2 Å². The summed E-state index contributed by atoms with van der Waals surface area (Å²) < 4.78 is 25.1. The number of nitrogens with zero attached hydrogens (tertiary/aromatic N) is 1. The van der Waals surface area contributed by atoms with Crippen LogP contribution < -0.4 is 0 Å². The molecule has 0 N–H and O–H groups in total. The number of pyridine rings is 1. The Kier molecular flexibility index (Phi) is 3.43. The first-order valence-electron chi connectivity index (χ1n) is 6.35. The average molecular weight is 318 g/mol. The quantitative estimate of drug-likeness (QED) is 0.717. The first-order valence-corrected chi connectivity index (χ1v) is 8.21. The van der Waals surface area contributed by atoms with Gasteiger partial charge in [0.2, 0.25) is 9.84 Å². The van der Waals surface area contributed by atoms with Crippen LogP contribution in [0.3, 0.4) is 0 Å². The zero-order valence-corrected chi connectivity index (χ0v) is 12.8. The van der Waals surface area contributed by atoms with Crippen molar-refractivity contribution in [3.8, 4) is 0 Å². The summed E-state index contributed by atoms with van der Waals surface area (Å²) in [6.45, 7) is 1.91. The van der Waals surface area contributed by atoms with Crippen molar-refractivity contribution in [1.82, 2.24) is 4.98 Å². The topological polar surface area (TPSA) is 47.0 Å². The summed E-state index contributed by atoms with van der Waals surface area (Å²) in [5, 5.41) is 1.45. The van der Waals surface area contributed by atoms with Crippen LogP contribution in [0, 0.1) is 6.92 Å². The SMILES string of the molecule is Cc1ccc(S(=O)(=O)c2ccc3cc(Cl)ccc3n2)cc1. The maximum atomic E-state index is 12.6. The molecule has 0 aliphatic carbocycles. The number of halogens is 1. The monoisotopic (exact) mass is 317 g/mol. The number of sulfone groups is 1. The molecule has 1 aromatic heterocycles. The highest BCUT2D eigenvalue weighted by Gasteiger charge is 2.19. The summed E-state index contributed by atoms with van der Waals surface area (Å²) in [6, 6.07) is 15.1. The van der Waals surface area contributed by atoms with E-state index in [0.29, 0.717) is 10.5 Å². The highest BCUT2D eigenvalue weighted by atomic mass is 35.5. The molecule has 0 spiro atoms. The molecule has 0 aliphatic rings. The minimum Gasteiger partial charge on any atom is -0.236 e. The summed E-state index contributed by atoms with van der Waals surface area (Å²) in [4.78, 5) is 4.48. The molecule has 0 radical (unpaired) electrons. The lowest BCUT2D eigenvalue weighted by molar-refractivity contribution is 0.593. The van der Waals surface area contributed by atoms with E-state index in [0.717, 1.165) is 10.9 Å². The Morgan fingerprint density at radius 3 is 2.38 bits per heavy atom. The van der Waals surface area contributed by atoms with Gasteiger partial charge in [-0.1, -0.05) is 29.3 Å². The molecule has 0 unspecified atom stereocenters. The molecular formula is C16H12ClNO2S. The third kappa shape index (κ3) is 2.64. The normalized spacial score (nSPS) is 11.7. The van der Waals surface area contributed by atoms with Crippen LogP contribution in [0.2, 0.25) is 5.02 Å². The van der Waals surface area contributed by atoms with Gasteiger partial charge in [-0.15, -0.1) is 0 Å². The van der Waals surface area contributed by atoms with Crippen molar-refractivity contribution in [2.75, 3.05) is 0 Å². The number of rotatable bonds is 2. The van der Waals surface area contributed by atoms with Gasteiger partial charge < -0.3 is 0 Å². The van der Waals surface area contributed by atoms with E-state index in [1.807, 2.05) is 6.92 Å². The van der Waals surface area contributed by atoms with E-state index in [2.05, 4.69) is 4.98 Å². The number of aromatic nitrogens is 1. The highest BCUT2D eigenvalue weighted by Crippen LogP contribution is 2.23. The average Bonchev–Trinajstić information content (AvgIpc) is 2.47. The minimum atomic E-state index is -3.60. The van der Waals surface area contributed by atoms with Crippen LogP contribution in [0.4, 0.5) is 0 Å². The summed E-state index contributed by atoms with van der Waals surface area (Å²) in [7, 11) is -3.60. The first-order chi connectivity index (χ1) is 9.96. The zero-order chi connectivity index (χ0) is 15.0. The van der Waals surface area contributed by atoms with Crippen molar-refractivity contribution < 1.29 is 8.42 Å². The second-order valence-corrected chi connectivity index (χ2v) is 7.14. The lowest BCUT2D eigenvalue weighted by atomic mass is 10.2. The van der Waals surface area contributed by atoms with E-state index in [9.17, 15) is 8.42 Å². The molecule has 0 aliphatic heterocycles. The molecule has 1 heterocycles. The third-order valence-corrected chi connectivity index (χ3v) is 5.14. The first kappa shape index (κ1) is 14.0. The molecule has 106 valence electrons. The van der Waals surface area contributed by atoms with Gasteiger partial charge in [0.1, 0.15) is 0 Å². The summed E-state index contributed by atoms with van der Waals surface area (Å²) in [6.07, 6.45) is 0. The van der Waals surface area contributed by atoms with Crippen LogP contribution in [0.25, 0.3) is 10.9 Å². The van der Waals surface area contributed by atoms with Crippen LogP contribution in [-0.2, 0) is 9.84 Å². The van der Waals surface area contributed by atoms with Gasteiger partial charge in [0.05, 0.1) is 10.4 Å². The Bertz CT molecular complexity index is 919. The second-order valence-electron chi connectivity index (χ2n) is 4.80. The molecule has 3 rings (SSSR count). The number of aryl methyl sites for hydroxylation is 1. The predicted molar refractivity (Wildman–Crippen MR) is 83.4 cm³/mol. The van der Waals surface area contributed by atoms with Crippen molar-refractivity contribution in [1.29, 1.82) is 0 Å². The Morgan fingerprint density at radius 1 is 0.952 bits per heavy atom. The Balaban J connectivity index is 2.14. The van der Waals surface area contributed by atoms with Gasteiger partial charge >= 0.3 is 0 Å². The second kappa shape index (κ2) is 5.13. The lowest BCUT2D eigenvalue weighted by Gasteiger charge is -2.06. The van der Waals surface area contributed by atoms with E-state index >= 15 is 0 Å². The van der Waals surface area contributed by atoms with E-state index in [1.54, 1.807) is 48.5 Å². The van der Waals surface area contributed by atoms with Gasteiger partial charge in [-0.2, -0.15) is 0 Å². The maximum Gasteiger partial charge on any atom is 0.223 e. The van der Waals surface area contributed by atoms with Gasteiger partial charge in [-0.3, -0.25) is 0 Å². The van der Waals surface area contributed by atoms with Crippen molar-refractivity contribution in [2.45, 2.75) is 16.8 Å². The van der Waals surface area contributed by atoms with Gasteiger partial charge in [-0.05, 0) is 49.4 Å². The molecule has 3 nitrogen and oxygen atoms in total. The molecule has 0 amide bonds. The number of hydrogen-bond acceptors (Lipinski definition) is 3. The fourth-order valence-electron chi connectivity index (χ4n) is 2.07. The highest BCUT2D eigenvalue weighted by molar-refractivity contribution is 7.91. The van der Waals surface area contributed by atoms with Gasteiger partial charge in [0, 0.05) is 10.4 Å². The molecule has 3 aromatic rings. The molecule has 2 aromatic carbocycles. The molecule has 21 heavy (non-hydrogen) atoms. The predicted octanol–water partition coefficient (Wildman–Crippen LogP) is 4.03. The largest absolute Gasteiger partial charge is 0.236 e. The molecule has 0 saturated heterocycles. The molecule has 0 saturated carbocycles. The van der Waals surface area contributed by atoms with Gasteiger partial charge in [-0.25, -0.2) is 13.4 Å². The Morgan fingerprint density at radius 2 is 1.67 bits per heavy atom. The van der Waals surface area contributed by atoms with E-state index in [1.165, 1.54) is 6.07 Å². The summed E-state index contributed by atoms with van der Waals surface area (Å²) in [5.41, 5.74) is 1.61. The summed E-state index contributed by atoms with van der Waals surface area (Å²) in [5.74, 6) is 0. The smallest absolute Gasteiger partial charge is 0.223 e.